The van der Waals surface area contributed by atoms with Crippen LogP contribution in [0.25, 0.3) is 17.1 Å². The molecule has 3 aromatic rings. The number of aromatic amines is 1. The van der Waals surface area contributed by atoms with E-state index in [4.69, 9.17) is 11.6 Å². The molecule has 2 atom stereocenters. The van der Waals surface area contributed by atoms with Crippen molar-refractivity contribution in [2.75, 3.05) is 26.2 Å². The lowest BCUT2D eigenvalue weighted by atomic mass is 9.92. The highest BCUT2D eigenvalue weighted by molar-refractivity contribution is 6.30. The number of hydrogen-bond donors (Lipinski definition) is 1. The lowest BCUT2D eigenvalue weighted by molar-refractivity contribution is -0.126. The summed E-state index contributed by atoms with van der Waals surface area (Å²) in [6.07, 6.45) is 5.26. The van der Waals surface area contributed by atoms with E-state index in [9.17, 15) is 9.59 Å². The molecular formula is C24H24ClN5O2. The van der Waals surface area contributed by atoms with Gasteiger partial charge in [0.25, 0.3) is 5.91 Å². The van der Waals surface area contributed by atoms with Gasteiger partial charge in [-0.3, -0.25) is 14.7 Å². The van der Waals surface area contributed by atoms with Crippen molar-refractivity contribution < 1.29 is 9.59 Å². The van der Waals surface area contributed by atoms with Crippen LogP contribution in [-0.4, -0.2) is 63.2 Å². The molecule has 164 valence electrons. The Morgan fingerprint density at radius 2 is 1.81 bits per heavy atom. The summed E-state index contributed by atoms with van der Waals surface area (Å²) in [5.74, 6) is 0.910. The monoisotopic (exact) mass is 449 g/mol. The number of amides is 2. The van der Waals surface area contributed by atoms with E-state index in [1.54, 1.807) is 12.1 Å². The van der Waals surface area contributed by atoms with Crippen molar-refractivity contribution in [3.63, 3.8) is 0 Å². The Labute approximate surface area is 191 Å². The molecule has 0 radical (unpaired) electrons. The smallest absolute Gasteiger partial charge is 0.253 e. The van der Waals surface area contributed by atoms with Crippen LogP contribution in [0.2, 0.25) is 5.02 Å². The first-order valence-electron chi connectivity index (χ1n) is 10.9. The fourth-order valence-corrected chi connectivity index (χ4v) is 4.97. The number of halogens is 1. The Balaban J connectivity index is 1.19. The fraction of sp³-hybridized carbons (Fsp3) is 0.333. The van der Waals surface area contributed by atoms with Crippen LogP contribution >= 0.6 is 11.6 Å². The Morgan fingerprint density at radius 3 is 2.56 bits per heavy atom. The van der Waals surface area contributed by atoms with Crippen molar-refractivity contribution in [3.05, 3.63) is 64.7 Å². The Hall–Kier alpha value is -3.19. The number of H-pyrrole nitrogens is 1. The molecular weight excluding hydrogens is 426 g/mol. The van der Waals surface area contributed by atoms with Crippen LogP contribution in [-0.2, 0) is 4.79 Å². The lowest BCUT2D eigenvalue weighted by Gasteiger charge is -2.21. The number of hydrogen-bond acceptors (Lipinski definition) is 4. The molecule has 2 saturated heterocycles. The summed E-state index contributed by atoms with van der Waals surface area (Å²) < 4.78 is 0. The SMILES string of the molecule is O=C(/C=C/c1cccc(Cl)c1)N1CCC2CN(C(=O)c3ccc4[nH]nnc4c3)CC2CC1. The molecule has 0 spiro atoms. The number of carbonyl (C=O) groups excluding carboxylic acids is 2. The van der Waals surface area contributed by atoms with Crippen LogP contribution in [0.3, 0.4) is 0 Å². The molecule has 0 bridgehead atoms. The lowest BCUT2D eigenvalue weighted by Crippen LogP contribution is -2.33. The average Bonchev–Trinajstić information content (AvgIpc) is 3.39. The summed E-state index contributed by atoms with van der Waals surface area (Å²) in [6, 6.07) is 12.9. The molecule has 2 amide bonds. The maximum atomic E-state index is 13.0. The van der Waals surface area contributed by atoms with Gasteiger partial charge in [-0.15, -0.1) is 5.10 Å². The summed E-state index contributed by atoms with van der Waals surface area (Å²) in [4.78, 5) is 29.6. The Kier molecular flexibility index (Phi) is 5.66. The minimum absolute atomic E-state index is 0.0267. The number of likely N-dealkylation sites (tertiary alicyclic amines) is 2. The summed E-state index contributed by atoms with van der Waals surface area (Å²) in [5.41, 5.74) is 3.08. The van der Waals surface area contributed by atoms with Gasteiger partial charge in [0.1, 0.15) is 5.52 Å². The van der Waals surface area contributed by atoms with Crippen LogP contribution in [0, 0.1) is 11.8 Å². The predicted molar refractivity (Wildman–Crippen MR) is 123 cm³/mol. The number of fused-ring (bicyclic) bond motifs is 2. The first-order chi connectivity index (χ1) is 15.6. The topological polar surface area (TPSA) is 82.2 Å². The highest BCUT2D eigenvalue weighted by Gasteiger charge is 2.37. The van der Waals surface area contributed by atoms with E-state index in [-0.39, 0.29) is 11.8 Å². The third-order valence-electron chi connectivity index (χ3n) is 6.55. The van der Waals surface area contributed by atoms with Crippen LogP contribution in [0.1, 0.15) is 28.8 Å². The molecule has 2 fully saturated rings. The van der Waals surface area contributed by atoms with Crippen molar-refractivity contribution in [1.82, 2.24) is 25.2 Å². The number of carbonyl (C=O) groups is 2. The van der Waals surface area contributed by atoms with E-state index in [1.807, 2.05) is 52.3 Å². The molecule has 1 N–H and O–H groups in total. The van der Waals surface area contributed by atoms with Crippen LogP contribution < -0.4 is 0 Å². The molecule has 2 unspecified atom stereocenters. The van der Waals surface area contributed by atoms with Crippen LogP contribution in [0.4, 0.5) is 0 Å². The van der Waals surface area contributed by atoms with E-state index in [0.29, 0.717) is 41.0 Å². The van der Waals surface area contributed by atoms with Gasteiger partial charge in [-0.2, -0.15) is 0 Å². The number of aromatic nitrogens is 3. The van der Waals surface area contributed by atoms with Crippen molar-refractivity contribution in [1.29, 1.82) is 0 Å². The fourth-order valence-electron chi connectivity index (χ4n) is 4.77. The van der Waals surface area contributed by atoms with Gasteiger partial charge in [-0.1, -0.05) is 28.9 Å². The third kappa shape index (κ3) is 4.25. The van der Waals surface area contributed by atoms with Crippen molar-refractivity contribution in [3.8, 4) is 0 Å². The third-order valence-corrected chi connectivity index (χ3v) is 6.79. The summed E-state index contributed by atoms with van der Waals surface area (Å²) >= 11 is 6.01. The molecule has 3 heterocycles. The van der Waals surface area contributed by atoms with Crippen molar-refractivity contribution in [2.24, 2.45) is 11.8 Å². The van der Waals surface area contributed by atoms with Gasteiger partial charge >= 0.3 is 0 Å². The zero-order valence-electron chi connectivity index (χ0n) is 17.6. The quantitative estimate of drug-likeness (QED) is 0.619. The zero-order chi connectivity index (χ0) is 22.1. The van der Waals surface area contributed by atoms with Gasteiger partial charge in [0.05, 0.1) is 5.52 Å². The Morgan fingerprint density at radius 1 is 1.03 bits per heavy atom. The van der Waals surface area contributed by atoms with Crippen molar-refractivity contribution >= 4 is 40.5 Å². The van der Waals surface area contributed by atoms with Gasteiger partial charge in [0.15, 0.2) is 0 Å². The van der Waals surface area contributed by atoms with Crippen molar-refractivity contribution in [2.45, 2.75) is 12.8 Å². The van der Waals surface area contributed by atoms with E-state index in [0.717, 1.165) is 37.0 Å². The minimum atomic E-state index is 0.0267. The Bertz CT molecular complexity index is 1170. The molecule has 0 saturated carbocycles. The molecule has 2 aliphatic rings. The first kappa shape index (κ1) is 20.7. The van der Waals surface area contributed by atoms with Gasteiger partial charge in [-0.05, 0) is 66.6 Å². The molecule has 1 aromatic heterocycles. The molecule has 0 aliphatic carbocycles. The van der Waals surface area contributed by atoms with Gasteiger partial charge in [0.2, 0.25) is 5.91 Å². The number of nitrogens with one attached hydrogen (secondary N) is 1. The molecule has 2 aliphatic heterocycles. The van der Waals surface area contributed by atoms with Crippen LogP contribution in [0.15, 0.2) is 48.5 Å². The summed E-state index contributed by atoms with van der Waals surface area (Å²) in [5, 5.41) is 11.3. The number of nitrogens with zero attached hydrogens (tertiary/aromatic N) is 4. The molecule has 2 aromatic carbocycles. The van der Waals surface area contributed by atoms with E-state index in [2.05, 4.69) is 15.4 Å². The summed E-state index contributed by atoms with van der Waals surface area (Å²) in [6.45, 7) is 2.90. The van der Waals surface area contributed by atoms with Gasteiger partial charge in [0, 0.05) is 42.8 Å². The summed E-state index contributed by atoms with van der Waals surface area (Å²) in [7, 11) is 0. The second-order valence-corrected chi connectivity index (χ2v) is 9.00. The van der Waals surface area contributed by atoms with Gasteiger partial charge < -0.3 is 9.80 Å². The maximum Gasteiger partial charge on any atom is 0.253 e. The standard InChI is InChI=1S/C24H24ClN5O2/c25-20-3-1-2-16(12-20)4-7-23(31)29-10-8-18-14-30(15-19(18)9-11-29)24(32)17-5-6-21-22(13-17)27-28-26-21/h1-7,12-13,18-19H,8-11,14-15H2,(H,26,27,28)/b7-4+. The average molecular weight is 450 g/mol. The number of benzene rings is 2. The first-order valence-corrected chi connectivity index (χ1v) is 11.3. The second-order valence-electron chi connectivity index (χ2n) is 8.57. The zero-order valence-corrected chi connectivity index (χ0v) is 18.3. The van der Waals surface area contributed by atoms with E-state index in [1.165, 1.54) is 0 Å². The second kappa shape index (κ2) is 8.74. The van der Waals surface area contributed by atoms with Gasteiger partial charge in [-0.25, -0.2) is 0 Å². The molecule has 32 heavy (non-hydrogen) atoms. The van der Waals surface area contributed by atoms with E-state index < -0.39 is 0 Å². The minimum Gasteiger partial charge on any atom is -0.339 e. The number of rotatable bonds is 3. The normalized spacial score (nSPS) is 21.2. The molecule has 8 heteroatoms. The van der Waals surface area contributed by atoms with Crippen LogP contribution in [0.5, 0.6) is 0 Å². The maximum absolute atomic E-state index is 13.0. The highest BCUT2D eigenvalue weighted by atomic mass is 35.5. The highest BCUT2D eigenvalue weighted by Crippen LogP contribution is 2.33. The largest absolute Gasteiger partial charge is 0.339 e. The predicted octanol–water partition coefficient (Wildman–Crippen LogP) is 3.64. The molecule has 7 nitrogen and oxygen atoms in total. The molecule has 5 rings (SSSR count). The van der Waals surface area contributed by atoms with E-state index >= 15 is 0 Å².